The molecule has 3 unspecified atom stereocenters. The number of hydrogen-bond donors (Lipinski definition) is 1. The minimum absolute atomic E-state index is 0.350. The average Bonchev–Trinajstić information content (AvgIpc) is 2.76. The summed E-state index contributed by atoms with van der Waals surface area (Å²) in [7, 11) is 3.78. The molecule has 0 saturated heterocycles. The minimum atomic E-state index is 0.350. The van der Waals surface area contributed by atoms with Gasteiger partial charge in [0.25, 0.3) is 0 Å². The van der Waals surface area contributed by atoms with Crippen molar-refractivity contribution in [3.63, 3.8) is 0 Å². The molecule has 0 spiro atoms. The van der Waals surface area contributed by atoms with E-state index in [4.69, 9.17) is 27.9 Å². The molecule has 1 saturated carbocycles. The number of benzene rings is 1. The van der Waals surface area contributed by atoms with Gasteiger partial charge in [-0.25, -0.2) is 0 Å². The average molecular weight is 288 g/mol. The van der Waals surface area contributed by atoms with E-state index in [-0.39, 0.29) is 0 Å². The van der Waals surface area contributed by atoms with Crippen molar-refractivity contribution in [2.24, 2.45) is 5.92 Å². The van der Waals surface area contributed by atoms with Crippen LogP contribution in [0.5, 0.6) is 0 Å². The van der Waals surface area contributed by atoms with E-state index in [1.165, 1.54) is 5.56 Å². The van der Waals surface area contributed by atoms with Crippen molar-refractivity contribution < 1.29 is 4.74 Å². The van der Waals surface area contributed by atoms with Gasteiger partial charge < -0.3 is 10.1 Å². The lowest BCUT2D eigenvalue weighted by molar-refractivity contribution is 0.105. The van der Waals surface area contributed by atoms with E-state index in [2.05, 4.69) is 11.4 Å². The smallest absolute Gasteiger partial charge is 0.0595 e. The first-order valence-corrected chi connectivity index (χ1v) is 7.03. The maximum Gasteiger partial charge on any atom is 0.0595 e. The highest BCUT2D eigenvalue weighted by Crippen LogP contribution is 2.41. The summed E-state index contributed by atoms with van der Waals surface area (Å²) in [6, 6.07) is 5.96. The van der Waals surface area contributed by atoms with Gasteiger partial charge in [0.2, 0.25) is 0 Å². The van der Waals surface area contributed by atoms with Crippen LogP contribution in [0.1, 0.15) is 24.3 Å². The Labute approximate surface area is 119 Å². The van der Waals surface area contributed by atoms with E-state index in [9.17, 15) is 0 Å². The molecule has 18 heavy (non-hydrogen) atoms. The van der Waals surface area contributed by atoms with Crippen molar-refractivity contribution in [3.05, 3.63) is 33.8 Å². The third-order valence-corrected chi connectivity index (χ3v) is 4.56. The second-order valence-corrected chi connectivity index (χ2v) is 5.74. The number of rotatable bonds is 4. The van der Waals surface area contributed by atoms with E-state index in [0.29, 0.717) is 28.0 Å². The summed E-state index contributed by atoms with van der Waals surface area (Å²) < 4.78 is 5.51. The zero-order chi connectivity index (χ0) is 13.1. The van der Waals surface area contributed by atoms with Gasteiger partial charge in [-0.3, -0.25) is 0 Å². The first kappa shape index (κ1) is 14.1. The highest BCUT2D eigenvalue weighted by molar-refractivity contribution is 6.42. The first-order valence-electron chi connectivity index (χ1n) is 6.28. The van der Waals surface area contributed by atoms with Gasteiger partial charge in [-0.2, -0.15) is 0 Å². The number of halogens is 2. The molecule has 0 radical (unpaired) electrons. The summed E-state index contributed by atoms with van der Waals surface area (Å²) in [5, 5.41) is 4.52. The lowest BCUT2D eigenvalue weighted by Crippen LogP contribution is -2.21. The maximum absolute atomic E-state index is 6.11. The molecule has 1 aromatic carbocycles. The number of methoxy groups -OCH3 is 1. The van der Waals surface area contributed by atoms with E-state index < -0.39 is 0 Å². The van der Waals surface area contributed by atoms with E-state index >= 15 is 0 Å². The normalized spacial score (nSPS) is 27.7. The monoisotopic (exact) mass is 287 g/mol. The summed E-state index contributed by atoms with van der Waals surface area (Å²) in [6.45, 7) is 1.00. The molecule has 0 heterocycles. The molecule has 1 aliphatic carbocycles. The lowest BCUT2D eigenvalue weighted by Gasteiger charge is -2.19. The van der Waals surface area contributed by atoms with Gasteiger partial charge in [0.15, 0.2) is 0 Å². The maximum atomic E-state index is 6.11. The Kier molecular flexibility index (Phi) is 4.91. The molecule has 3 atom stereocenters. The fraction of sp³-hybridized carbons (Fsp3) is 0.571. The van der Waals surface area contributed by atoms with Crippen LogP contribution in [0.15, 0.2) is 18.2 Å². The van der Waals surface area contributed by atoms with Gasteiger partial charge in [-0.1, -0.05) is 29.3 Å². The zero-order valence-corrected chi connectivity index (χ0v) is 12.3. The molecule has 1 fully saturated rings. The minimum Gasteiger partial charge on any atom is -0.381 e. The summed E-state index contributed by atoms with van der Waals surface area (Å²) in [5.41, 5.74) is 1.27. The highest BCUT2D eigenvalue weighted by atomic mass is 35.5. The number of hydrogen-bond acceptors (Lipinski definition) is 2. The molecular formula is C14H19Cl2NO. The third-order valence-electron chi connectivity index (χ3n) is 3.82. The van der Waals surface area contributed by atoms with Crippen LogP contribution < -0.4 is 5.32 Å². The van der Waals surface area contributed by atoms with Crippen LogP contribution in [0.25, 0.3) is 0 Å². The summed E-state index contributed by atoms with van der Waals surface area (Å²) in [5.74, 6) is 1.09. The molecule has 1 aromatic rings. The predicted molar refractivity (Wildman–Crippen MR) is 76.7 cm³/mol. The predicted octanol–water partition coefficient (Wildman–Crippen LogP) is 3.72. The fourth-order valence-corrected chi connectivity index (χ4v) is 3.21. The largest absolute Gasteiger partial charge is 0.381 e. The molecule has 0 bridgehead atoms. The molecule has 0 aliphatic heterocycles. The van der Waals surface area contributed by atoms with Gasteiger partial charge in [0, 0.05) is 7.11 Å². The number of nitrogens with one attached hydrogen (secondary N) is 1. The lowest BCUT2D eigenvalue weighted by atomic mass is 9.89. The first-order chi connectivity index (χ1) is 8.65. The molecule has 100 valence electrons. The third kappa shape index (κ3) is 3.00. The summed E-state index contributed by atoms with van der Waals surface area (Å²) >= 11 is 12.1. The topological polar surface area (TPSA) is 21.3 Å². The molecule has 1 N–H and O–H groups in total. The Morgan fingerprint density at radius 1 is 1.28 bits per heavy atom. The van der Waals surface area contributed by atoms with Gasteiger partial charge in [-0.15, -0.1) is 0 Å². The fourth-order valence-electron chi connectivity index (χ4n) is 2.91. The van der Waals surface area contributed by atoms with Crippen LogP contribution in [-0.4, -0.2) is 26.8 Å². The van der Waals surface area contributed by atoms with Gasteiger partial charge in [-0.05, 0) is 56.0 Å². The van der Waals surface area contributed by atoms with Gasteiger partial charge in [0.05, 0.1) is 16.1 Å². The van der Waals surface area contributed by atoms with Crippen molar-refractivity contribution >= 4 is 23.2 Å². The Morgan fingerprint density at radius 2 is 2.06 bits per heavy atom. The van der Waals surface area contributed by atoms with Crippen LogP contribution in [0, 0.1) is 5.92 Å². The van der Waals surface area contributed by atoms with E-state index in [1.807, 2.05) is 19.2 Å². The van der Waals surface area contributed by atoms with Gasteiger partial charge in [0.1, 0.15) is 0 Å². The van der Waals surface area contributed by atoms with Crippen LogP contribution in [0.3, 0.4) is 0 Å². The molecule has 1 aliphatic rings. The second-order valence-electron chi connectivity index (χ2n) is 4.93. The molecule has 0 aromatic heterocycles. The Bertz CT molecular complexity index is 411. The van der Waals surface area contributed by atoms with Gasteiger partial charge >= 0.3 is 0 Å². The van der Waals surface area contributed by atoms with Crippen molar-refractivity contribution in [3.8, 4) is 0 Å². The quantitative estimate of drug-likeness (QED) is 0.911. The van der Waals surface area contributed by atoms with Crippen molar-refractivity contribution in [1.29, 1.82) is 0 Å². The van der Waals surface area contributed by atoms with E-state index in [0.717, 1.165) is 19.4 Å². The molecule has 2 nitrogen and oxygen atoms in total. The molecule has 4 heteroatoms. The second kappa shape index (κ2) is 6.25. The highest BCUT2D eigenvalue weighted by Gasteiger charge is 2.34. The standard InChI is InChI=1S/C14H19Cl2NO/c1-17-8-10-5-11(18-2)7-12(10)9-3-4-13(15)14(16)6-9/h3-4,6,10-12,17H,5,7-8H2,1-2H3. The van der Waals surface area contributed by atoms with Crippen molar-refractivity contribution in [1.82, 2.24) is 5.32 Å². The zero-order valence-electron chi connectivity index (χ0n) is 10.7. The SMILES string of the molecule is CNCC1CC(OC)CC1c1ccc(Cl)c(Cl)c1. The van der Waals surface area contributed by atoms with Crippen LogP contribution in [-0.2, 0) is 4.74 Å². The number of ether oxygens (including phenoxy) is 1. The summed E-state index contributed by atoms with van der Waals surface area (Å²) in [6.07, 6.45) is 2.51. The molecule has 2 rings (SSSR count). The summed E-state index contributed by atoms with van der Waals surface area (Å²) in [4.78, 5) is 0. The van der Waals surface area contributed by atoms with Crippen LogP contribution >= 0.6 is 23.2 Å². The Hall–Kier alpha value is -0.280. The van der Waals surface area contributed by atoms with Crippen LogP contribution in [0.2, 0.25) is 10.0 Å². The Morgan fingerprint density at radius 3 is 2.67 bits per heavy atom. The molecular weight excluding hydrogens is 269 g/mol. The van der Waals surface area contributed by atoms with Crippen LogP contribution in [0.4, 0.5) is 0 Å². The van der Waals surface area contributed by atoms with Crippen molar-refractivity contribution in [2.45, 2.75) is 24.9 Å². The molecule has 0 amide bonds. The van der Waals surface area contributed by atoms with E-state index in [1.54, 1.807) is 7.11 Å². The van der Waals surface area contributed by atoms with Crippen molar-refractivity contribution in [2.75, 3.05) is 20.7 Å². The Balaban J connectivity index is 2.20.